The molecule has 1 aliphatic rings. The van der Waals surface area contributed by atoms with Gasteiger partial charge >= 0.3 is 0 Å². The van der Waals surface area contributed by atoms with Gasteiger partial charge in [-0.1, -0.05) is 6.07 Å². The second-order valence-electron chi connectivity index (χ2n) is 7.28. The van der Waals surface area contributed by atoms with E-state index in [0.29, 0.717) is 18.5 Å². The standard InChI is InChI=1S/C22H24FN3O4/c1-25(2)10-5-11-26-19(14-6-4-9-24-13-14)18(21(28)22(26)29)20(27)16-12-15(23)7-8-17(16)30-3/h4,6-9,12-13,19,27H,5,10-11H2,1-3H3/b20-18+/t19-/m1/s1. The summed E-state index contributed by atoms with van der Waals surface area (Å²) in [5.74, 6) is -2.42. The first-order valence-electron chi connectivity index (χ1n) is 9.52. The van der Waals surface area contributed by atoms with Crippen molar-refractivity contribution in [3.63, 3.8) is 0 Å². The van der Waals surface area contributed by atoms with Crippen LogP contribution in [-0.4, -0.2) is 65.9 Å². The molecule has 3 rings (SSSR count). The molecule has 1 aromatic carbocycles. The Hall–Kier alpha value is -3.26. The second-order valence-corrected chi connectivity index (χ2v) is 7.28. The van der Waals surface area contributed by atoms with Gasteiger partial charge < -0.3 is 19.6 Å². The number of aliphatic hydroxyl groups is 1. The third-order valence-corrected chi connectivity index (χ3v) is 4.96. The van der Waals surface area contributed by atoms with Crippen LogP contribution in [0.5, 0.6) is 5.75 Å². The summed E-state index contributed by atoms with van der Waals surface area (Å²) in [6.07, 6.45) is 3.77. The fourth-order valence-corrected chi connectivity index (χ4v) is 3.56. The highest BCUT2D eigenvalue weighted by Gasteiger charge is 2.46. The highest BCUT2D eigenvalue weighted by molar-refractivity contribution is 6.46. The van der Waals surface area contributed by atoms with Crippen molar-refractivity contribution in [2.24, 2.45) is 0 Å². The molecule has 0 unspecified atom stereocenters. The zero-order valence-electron chi connectivity index (χ0n) is 17.1. The van der Waals surface area contributed by atoms with Gasteiger partial charge in [0, 0.05) is 18.9 Å². The number of ether oxygens (including phenoxy) is 1. The molecule has 8 heteroatoms. The van der Waals surface area contributed by atoms with E-state index in [0.717, 1.165) is 12.6 Å². The SMILES string of the molecule is COc1ccc(F)cc1/C(O)=C1\C(=O)C(=O)N(CCCN(C)C)[C@@H]1c1cccnc1. The van der Waals surface area contributed by atoms with E-state index < -0.39 is 29.3 Å². The molecule has 0 radical (unpaired) electrons. The second kappa shape index (κ2) is 9.04. The van der Waals surface area contributed by atoms with Crippen molar-refractivity contribution in [2.75, 3.05) is 34.3 Å². The quantitative estimate of drug-likeness (QED) is 0.427. The Morgan fingerprint density at radius 3 is 2.70 bits per heavy atom. The number of amides is 1. The van der Waals surface area contributed by atoms with Crippen LogP contribution in [0.3, 0.4) is 0 Å². The lowest BCUT2D eigenvalue weighted by atomic mass is 9.96. The Balaban J connectivity index is 2.13. The number of carbonyl (C=O) groups excluding carboxylic acids is 2. The number of rotatable bonds is 7. The van der Waals surface area contributed by atoms with Gasteiger partial charge in [0.05, 0.1) is 24.3 Å². The molecule has 1 fully saturated rings. The number of methoxy groups -OCH3 is 1. The molecule has 1 N–H and O–H groups in total. The number of benzene rings is 1. The predicted molar refractivity (Wildman–Crippen MR) is 109 cm³/mol. The van der Waals surface area contributed by atoms with Crippen molar-refractivity contribution in [1.29, 1.82) is 0 Å². The van der Waals surface area contributed by atoms with Crippen molar-refractivity contribution in [3.05, 3.63) is 65.2 Å². The fourth-order valence-electron chi connectivity index (χ4n) is 3.56. The molecule has 1 atom stereocenters. The molecular formula is C22H24FN3O4. The maximum Gasteiger partial charge on any atom is 0.295 e. The summed E-state index contributed by atoms with van der Waals surface area (Å²) < 4.78 is 19.1. The van der Waals surface area contributed by atoms with Crippen molar-refractivity contribution < 1.29 is 23.8 Å². The zero-order valence-corrected chi connectivity index (χ0v) is 17.1. The summed E-state index contributed by atoms with van der Waals surface area (Å²) in [7, 11) is 5.22. The molecule has 0 spiro atoms. The Bertz CT molecular complexity index is 976. The average molecular weight is 413 g/mol. The molecule has 2 heterocycles. The van der Waals surface area contributed by atoms with E-state index in [2.05, 4.69) is 4.98 Å². The molecule has 1 amide bonds. The summed E-state index contributed by atoms with van der Waals surface area (Å²) in [6, 6.07) is 6.23. The summed E-state index contributed by atoms with van der Waals surface area (Å²) in [5.41, 5.74) is 0.484. The maximum atomic E-state index is 13.9. The molecule has 1 aromatic heterocycles. The number of aromatic nitrogens is 1. The van der Waals surface area contributed by atoms with E-state index in [1.807, 2.05) is 19.0 Å². The molecule has 1 saturated heterocycles. The van der Waals surface area contributed by atoms with E-state index in [9.17, 15) is 19.1 Å². The summed E-state index contributed by atoms with van der Waals surface area (Å²) >= 11 is 0. The van der Waals surface area contributed by atoms with Gasteiger partial charge in [-0.05, 0) is 56.9 Å². The highest BCUT2D eigenvalue weighted by Crippen LogP contribution is 2.40. The highest BCUT2D eigenvalue weighted by atomic mass is 19.1. The van der Waals surface area contributed by atoms with Crippen LogP contribution in [0, 0.1) is 5.82 Å². The monoisotopic (exact) mass is 413 g/mol. The summed E-state index contributed by atoms with van der Waals surface area (Å²) in [6.45, 7) is 1.04. The normalized spacial score (nSPS) is 18.3. The first-order valence-corrected chi connectivity index (χ1v) is 9.52. The van der Waals surface area contributed by atoms with E-state index in [1.165, 1.54) is 24.1 Å². The van der Waals surface area contributed by atoms with Gasteiger partial charge in [-0.2, -0.15) is 0 Å². The number of likely N-dealkylation sites (tertiary alicyclic amines) is 1. The Morgan fingerprint density at radius 1 is 1.30 bits per heavy atom. The number of carbonyl (C=O) groups is 2. The summed E-state index contributed by atoms with van der Waals surface area (Å²) in [4.78, 5) is 33.2. The summed E-state index contributed by atoms with van der Waals surface area (Å²) in [5, 5.41) is 11.0. The van der Waals surface area contributed by atoms with Crippen LogP contribution in [0.1, 0.15) is 23.6 Å². The zero-order chi connectivity index (χ0) is 21.8. The number of aliphatic hydroxyl groups excluding tert-OH is 1. The van der Waals surface area contributed by atoms with E-state index >= 15 is 0 Å². The molecule has 0 saturated carbocycles. The Kier molecular flexibility index (Phi) is 6.47. The molecular weight excluding hydrogens is 389 g/mol. The minimum Gasteiger partial charge on any atom is -0.507 e. The first-order chi connectivity index (χ1) is 14.3. The smallest absolute Gasteiger partial charge is 0.295 e. The number of pyridine rings is 1. The van der Waals surface area contributed by atoms with Crippen LogP contribution >= 0.6 is 0 Å². The number of ketones is 1. The van der Waals surface area contributed by atoms with Crippen LogP contribution in [0.15, 0.2) is 48.3 Å². The van der Waals surface area contributed by atoms with Crippen molar-refractivity contribution in [1.82, 2.24) is 14.8 Å². The van der Waals surface area contributed by atoms with Gasteiger partial charge in [-0.25, -0.2) is 4.39 Å². The Labute approximate surface area is 174 Å². The molecule has 0 aliphatic carbocycles. The van der Waals surface area contributed by atoms with Crippen LogP contribution in [0.2, 0.25) is 0 Å². The largest absolute Gasteiger partial charge is 0.507 e. The van der Waals surface area contributed by atoms with Crippen LogP contribution in [0.4, 0.5) is 4.39 Å². The molecule has 1 aliphatic heterocycles. The maximum absolute atomic E-state index is 13.9. The molecule has 30 heavy (non-hydrogen) atoms. The lowest BCUT2D eigenvalue weighted by Gasteiger charge is -2.25. The van der Waals surface area contributed by atoms with Gasteiger partial charge in [0.25, 0.3) is 11.7 Å². The third kappa shape index (κ3) is 4.18. The topological polar surface area (TPSA) is 83.0 Å². The van der Waals surface area contributed by atoms with E-state index in [1.54, 1.807) is 24.5 Å². The molecule has 0 bridgehead atoms. The number of Topliss-reactive ketones (excluding diaryl/α,β-unsaturated/α-hetero) is 1. The van der Waals surface area contributed by atoms with Crippen LogP contribution in [-0.2, 0) is 9.59 Å². The van der Waals surface area contributed by atoms with E-state index in [-0.39, 0.29) is 16.9 Å². The van der Waals surface area contributed by atoms with Gasteiger partial charge in [-0.15, -0.1) is 0 Å². The minimum atomic E-state index is -0.825. The minimum absolute atomic E-state index is 0.0117. The number of nitrogens with zero attached hydrogens (tertiary/aromatic N) is 3. The van der Waals surface area contributed by atoms with Crippen LogP contribution < -0.4 is 4.74 Å². The lowest BCUT2D eigenvalue weighted by molar-refractivity contribution is -0.139. The van der Waals surface area contributed by atoms with Crippen molar-refractivity contribution in [2.45, 2.75) is 12.5 Å². The lowest BCUT2D eigenvalue weighted by Crippen LogP contribution is -2.32. The van der Waals surface area contributed by atoms with Gasteiger partial charge in [0.2, 0.25) is 0 Å². The van der Waals surface area contributed by atoms with E-state index in [4.69, 9.17) is 4.74 Å². The first kappa shape index (κ1) is 21.4. The number of hydrogen-bond donors (Lipinski definition) is 1. The third-order valence-electron chi connectivity index (χ3n) is 4.96. The van der Waals surface area contributed by atoms with Crippen LogP contribution in [0.25, 0.3) is 5.76 Å². The number of halogens is 1. The average Bonchev–Trinajstić information content (AvgIpc) is 2.98. The number of hydrogen-bond acceptors (Lipinski definition) is 6. The van der Waals surface area contributed by atoms with Gasteiger partial charge in [0.15, 0.2) is 0 Å². The molecule has 2 aromatic rings. The Morgan fingerprint density at radius 2 is 2.07 bits per heavy atom. The van der Waals surface area contributed by atoms with Gasteiger partial charge in [-0.3, -0.25) is 14.6 Å². The molecule has 158 valence electrons. The predicted octanol–water partition coefficient (Wildman–Crippen LogP) is 2.60. The fraction of sp³-hybridized carbons (Fsp3) is 0.318. The van der Waals surface area contributed by atoms with Crippen molar-refractivity contribution in [3.8, 4) is 5.75 Å². The van der Waals surface area contributed by atoms with Gasteiger partial charge in [0.1, 0.15) is 17.3 Å². The molecule has 7 nitrogen and oxygen atoms in total. The van der Waals surface area contributed by atoms with Crippen molar-refractivity contribution >= 4 is 17.4 Å².